The average Bonchev–Trinajstić information content (AvgIpc) is 2.76. The first-order valence-electron chi connectivity index (χ1n) is 11.0. The smallest absolute Gasteiger partial charge is 0.276 e. The number of aromatic nitrogens is 1. The van der Waals surface area contributed by atoms with Crippen LogP contribution in [-0.4, -0.2) is 22.8 Å². The third-order valence-electron chi connectivity index (χ3n) is 5.07. The molecule has 0 radical (unpaired) electrons. The number of amides is 1. The average molecular weight is 446 g/mol. The minimum atomic E-state index is -0.548. The zero-order chi connectivity index (χ0) is 24.0. The highest BCUT2D eigenvalue weighted by Gasteiger charge is 2.14. The first-order valence-corrected chi connectivity index (χ1v) is 11.0. The fourth-order valence-electron chi connectivity index (χ4n) is 3.27. The Labute approximate surface area is 194 Å². The predicted octanol–water partition coefficient (Wildman–Crippen LogP) is 4.75. The van der Waals surface area contributed by atoms with Gasteiger partial charge in [0.15, 0.2) is 0 Å². The molecule has 0 spiro atoms. The lowest BCUT2D eigenvalue weighted by Gasteiger charge is -2.19. The molecule has 1 aromatic heterocycles. The summed E-state index contributed by atoms with van der Waals surface area (Å²) in [7, 11) is 0. The summed E-state index contributed by atoms with van der Waals surface area (Å²) in [4.78, 5) is 25.4. The van der Waals surface area contributed by atoms with E-state index in [9.17, 15) is 9.59 Å². The molecule has 1 heterocycles. The maximum absolute atomic E-state index is 12.8. The predicted molar refractivity (Wildman–Crippen MR) is 132 cm³/mol. The number of hydrazone groups is 1. The van der Waals surface area contributed by atoms with Gasteiger partial charge in [-0.1, -0.05) is 45.0 Å². The van der Waals surface area contributed by atoms with Gasteiger partial charge in [-0.25, -0.2) is 5.43 Å². The molecular weight excluding hydrogens is 414 g/mol. The second-order valence-corrected chi connectivity index (χ2v) is 9.24. The SMILES string of the molecule is CC(C)Oc1ccc(/C=N\NC(=O)c2cccn(Cc3ccc(C(C)(C)C)cc3)c2=O)cc1. The summed E-state index contributed by atoms with van der Waals surface area (Å²) in [5.74, 6) is 0.220. The lowest BCUT2D eigenvalue weighted by molar-refractivity contribution is 0.0953. The second kappa shape index (κ2) is 10.3. The van der Waals surface area contributed by atoms with E-state index in [0.717, 1.165) is 16.9 Å². The van der Waals surface area contributed by atoms with Crippen molar-refractivity contribution in [3.8, 4) is 5.75 Å². The van der Waals surface area contributed by atoms with Crippen LogP contribution in [0.4, 0.5) is 0 Å². The molecule has 0 aliphatic carbocycles. The van der Waals surface area contributed by atoms with Gasteiger partial charge < -0.3 is 9.30 Å². The Hall–Kier alpha value is -3.67. The van der Waals surface area contributed by atoms with Crippen molar-refractivity contribution >= 4 is 12.1 Å². The van der Waals surface area contributed by atoms with E-state index in [-0.39, 0.29) is 22.6 Å². The number of carbonyl (C=O) groups is 1. The quantitative estimate of drug-likeness (QED) is 0.422. The zero-order valence-corrected chi connectivity index (χ0v) is 19.8. The van der Waals surface area contributed by atoms with E-state index in [0.29, 0.717) is 6.54 Å². The first kappa shape index (κ1) is 24.0. The number of ether oxygens (including phenoxy) is 1. The van der Waals surface area contributed by atoms with Crippen molar-refractivity contribution in [2.45, 2.75) is 52.7 Å². The van der Waals surface area contributed by atoms with Crippen molar-refractivity contribution < 1.29 is 9.53 Å². The summed E-state index contributed by atoms with van der Waals surface area (Å²) in [6.45, 7) is 10.8. The monoisotopic (exact) mass is 445 g/mol. The maximum atomic E-state index is 12.8. The van der Waals surface area contributed by atoms with Gasteiger partial charge in [-0.2, -0.15) is 5.10 Å². The van der Waals surface area contributed by atoms with Crippen LogP contribution >= 0.6 is 0 Å². The molecule has 6 nitrogen and oxygen atoms in total. The normalized spacial score (nSPS) is 11.7. The van der Waals surface area contributed by atoms with Crippen LogP contribution in [0.3, 0.4) is 0 Å². The van der Waals surface area contributed by atoms with E-state index in [1.54, 1.807) is 12.3 Å². The topological polar surface area (TPSA) is 72.7 Å². The summed E-state index contributed by atoms with van der Waals surface area (Å²) in [5.41, 5.74) is 5.21. The summed E-state index contributed by atoms with van der Waals surface area (Å²) in [5, 5.41) is 3.98. The fraction of sp³-hybridized carbons (Fsp3) is 0.296. The van der Waals surface area contributed by atoms with E-state index < -0.39 is 5.91 Å². The molecule has 3 aromatic rings. The highest BCUT2D eigenvalue weighted by Crippen LogP contribution is 2.22. The molecule has 0 aliphatic rings. The van der Waals surface area contributed by atoms with Crippen LogP contribution in [0.15, 0.2) is 76.8 Å². The van der Waals surface area contributed by atoms with Crippen molar-refractivity contribution in [3.05, 3.63) is 99.5 Å². The number of nitrogens with one attached hydrogen (secondary N) is 1. The Bertz CT molecular complexity index is 1170. The van der Waals surface area contributed by atoms with Crippen molar-refractivity contribution in [2.24, 2.45) is 5.10 Å². The number of nitrogens with zero attached hydrogens (tertiary/aromatic N) is 2. The van der Waals surface area contributed by atoms with Crippen molar-refractivity contribution in [2.75, 3.05) is 0 Å². The molecule has 0 unspecified atom stereocenters. The van der Waals surface area contributed by atoms with E-state index >= 15 is 0 Å². The van der Waals surface area contributed by atoms with E-state index in [4.69, 9.17) is 4.74 Å². The highest BCUT2D eigenvalue weighted by molar-refractivity contribution is 5.94. The van der Waals surface area contributed by atoms with Gasteiger partial charge in [0.2, 0.25) is 0 Å². The van der Waals surface area contributed by atoms with Crippen LogP contribution < -0.4 is 15.7 Å². The maximum Gasteiger partial charge on any atom is 0.276 e. The van der Waals surface area contributed by atoms with Gasteiger partial charge in [-0.05, 0) is 72.4 Å². The van der Waals surface area contributed by atoms with Crippen LogP contribution in [0.1, 0.15) is 61.7 Å². The minimum Gasteiger partial charge on any atom is -0.491 e. The number of benzene rings is 2. The van der Waals surface area contributed by atoms with E-state index in [2.05, 4.69) is 43.4 Å². The van der Waals surface area contributed by atoms with Crippen LogP contribution in [0.25, 0.3) is 0 Å². The molecule has 0 bridgehead atoms. The van der Waals surface area contributed by atoms with Gasteiger partial charge >= 0.3 is 0 Å². The molecule has 6 heteroatoms. The van der Waals surface area contributed by atoms with Gasteiger partial charge in [0, 0.05) is 6.20 Å². The number of rotatable bonds is 7. The molecule has 0 aliphatic heterocycles. The highest BCUT2D eigenvalue weighted by atomic mass is 16.5. The van der Waals surface area contributed by atoms with Crippen LogP contribution in [0.5, 0.6) is 5.75 Å². The third kappa shape index (κ3) is 6.65. The van der Waals surface area contributed by atoms with Gasteiger partial charge in [0.25, 0.3) is 11.5 Å². The number of hydrogen-bond donors (Lipinski definition) is 1. The molecule has 172 valence electrons. The van der Waals surface area contributed by atoms with Gasteiger partial charge in [-0.15, -0.1) is 0 Å². The summed E-state index contributed by atoms with van der Waals surface area (Å²) in [6.07, 6.45) is 3.30. The number of hydrogen-bond acceptors (Lipinski definition) is 4. The molecule has 0 atom stereocenters. The number of carbonyl (C=O) groups excluding carboxylic acids is 1. The fourth-order valence-corrected chi connectivity index (χ4v) is 3.27. The molecular formula is C27H31N3O3. The second-order valence-electron chi connectivity index (χ2n) is 9.24. The number of pyridine rings is 1. The largest absolute Gasteiger partial charge is 0.491 e. The van der Waals surface area contributed by atoms with E-state index in [1.165, 1.54) is 22.4 Å². The Morgan fingerprint density at radius 2 is 1.73 bits per heavy atom. The molecule has 0 fully saturated rings. The van der Waals surface area contributed by atoms with Gasteiger partial charge in [0.1, 0.15) is 11.3 Å². The molecule has 33 heavy (non-hydrogen) atoms. The molecule has 1 N–H and O–H groups in total. The van der Waals surface area contributed by atoms with Crippen molar-refractivity contribution in [3.63, 3.8) is 0 Å². The Balaban J connectivity index is 1.66. The lowest BCUT2D eigenvalue weighted by atomic mass is 9.87. The Kier molecular flexibility index (Phi) is 7.48. The third-order valence-corrected chi connectivity index (χ3v) is 5.07. The Morgan fingerprint density at radius 1 is 1.06 bits per heavy atom. The molecule has 0 saturated heterocycles. The minimum absolute atomic E-state index is 0.0432. The summed E-state index contributed by atoms with van der Waals surface area (Å²) < 4.78 is 7.13. The first-order chi connectivity index (χ1) is 15.6. The summed E-state index contributed by atoms with van der Waals surface area (Å²) >= 11 is 0. The standard InChI is InChI=1S/C27H31N3O3/c1-19(2)33-23-14-10-20(11-15-23)17-28-29-25(31)24-7-6-16-30(26(24)32)18-21-8-12-22(13-9-21)27(3,4)5/h6-17,19H,18H2,1-5H3,(H,29,31)/b28-17-. The van der Waals surface area contributed by atoms with Crippen LogP contribution in [0, 0.1) is 0 Å². The van der Waals surface area contributed by atoms with Crippen LogP contribution in [0.2, 0.25) is 0 Å². The van der Waals surface area contributed by atoms with E-state index in [1.807, 2.05) is 50.2 Å². The lowest BCUT2D eigenvalue weighted by Crippen LogP contribution is -2.30. The van der Waals surface area contributed by atoms with Gasteiger partial charge in [-0.3, -0.25) is 9.59 Å². The molecule has 0 saturated carbocycles. The van der Waals surface area contributed by atoms with Crippen LogP contribution in [-0.2, 0) is 12.0 Å². The molecule has 3 rings (SSSR count). The van der Waals surface area contributed by atoms with Gasteiger partial charge in [0.05, 0.1) is 18.9 Å². The van der Waals surface area contributed by atoms with Crippen molar-refractivity contribution in [1.29, 1.82) is 0 Å². The van der Waals surface area contributed by atoms with Crippen molar-refractivity contribution in [1.82, 2.24) is 9.99 Å². The zero-order valence-electron chi connectivity index (χ0n) is 19.8. The Morgan fingerprint density at radius 3 is 2.33 bits per heavy atom. The molecule has 1 amide bonds. The molecule has 2 aromatic carbocycles. The summed E-state index contributed by atoms with van der Waals surface area (Å²) in [6, 6.07) is 18.7.